The number of hydrogen-bond donors (Lipinski definition) is 1. The molecule has 1 aromatic heterocycles. The highest BCUT2D eigenvalue weighted by molar-refractivity contribution is 7.09. The number of rotatable bonds is 3. The van der Waals surface area contributed by atoms with Crippen molar-refractivity contribution in [2.75, 3.05) is 0 Å². The third kappa shape index (κ3) is 1.95. The van der Waals surface area contributed by atoms with Crippen molar-refractivity contribution in [1.82, 2.24) is 10.3 Å². The zero-order valence-electron chi connectivity index (χ0n) is 8.53. The summed E-state index contributed by atoms with van der Waals surface area (Å²) in [5, 5.41) is 6.01. The molecule has 0 radical (unpaired) electrons. The highest BCUT2D eigenvalue weighted by Crippen LogP contribution is 2.39. The van der Waals surface area contributed by atoms with Gasteiger partial charge in [0, 0.05) is 11.6 Å². The summed E-state index contributed by atoms with van der Waals surface area (Å²) in [6.45, 7) is 3.49. The van der Waals surface area contributed by atoms with Gasteiger partial charge in [-0.3, -0.25) is 4.79 Å². The quantitative estimate of drug-likeness (QED) is 0.797. The topological polar surface area (TPSA) is 42.0 Å². The zero-order valence-corrected chi connectivity index (χ0v) is 9.35. The van der Waals surface area contributed by atoms with Gasteiger partial charge in [0.1, 0.15) is 5.01 Å². The van der Waals surface area contributed by atoms with E-state index in [0.717, 1.165) is 30.7 Å². The van der Waals surface area contributed by atoms with Crippen LogP contribution in [0.25, 0.3) is 0 Å². The van der Waals surface area contributed by atoms with Crippen LogP contribution in [-0.4, -0.2) is 10.9 Å². The van der Waals surface area contributed by atoms with Gasteiger partial charge in [-0.15, -0.1) is 11.3 Å². The van der Waals surface area contributed by atoms with Crippen molar-refractivity contribution in [3.8, 4) is 0 Å². The Morgan fingerprint density at radius 2 is 2.33 bits per heavy atom. The number of carbonyl (C=O) groups excluding carboxylic acids is 1. The second-order valence-electron chi connectivity index (χ2n) is 3.82. The van der Waals surface area contributed by atoms with Gasteiger partial charge >= 0.3 is 0 Å². The number of hydrogen-bond acceptors (Lipinski definition) is 3. The van der Waals surface area contributed by atoms with E-state index < -0.39 is 0 Å². The molecule has 0 unspecified atom stereocenters. The van der Waals surface area contributed by atoms with E-state index in [0.29, 0.717) is 0 Å². The Hall–Kier alpha value is -1.16. The van der Waals surface area contributed by atoms with Gasteiger partial charge in [0.15, 0.2) is 0 Å². The maximum Gasteiger partial charge on any atom is 0.244 e. The standard InChI is InChI=1S/C11H14N2OS/c1-2-9(14)13-11(5-3-4-6-11)10-12-7-8-15-10/h2,7-8H,1,3-6H2,(H,13,14). The summed E-state index contributed by atoms with van der Waals surface area (Å²) >= 11 is 1.61. The fourth-order valence-corrected chi connectivity index (χ4v) is 2.97. The van der Waals surface area contributed by atoms with Gasteiger partial charge in [0.25, 0.3) is 0 Å². The molecule has 0 atom stereocenters. The predicted molar refractivity (Wildman–Crippen MR) is 60.6 cm³/mol. The summed E-state index contributed by atoms with van der Waals surface area (Å²) < 4.78 is 0. The Labute approximate surface area is 93.2 Å². The van der Waals surface area contributed by atoms with Gasteiger partial charge in [0.2, 0.25) is 5.91 Å². The molecule has 2 rings (SSSR count). The number of amides is 1. The summed E-state index contributed by atoms with van der Waals surface area (Å²) in [4.78, 5) is 15.7. The number of thiazole rings is 1. The highest BCUT2D eigenvalue weighted by atomic mass is 32.1. The van der Waals surface area contributed by atoms with Crippen molar-refractivity contribution in [2.45, 2.75) is 31.2 Å². The van der Waals surface area contributed by atoms with E-state index in [1.165, 1.54) is 6.08 Å². The van der Waals surface area contributed by atoms with Crippen LogP contribution in [0, 0.1) is 0 Å². The van der Waals surface area contributed by atoms with E-state index in [-0.39, 0.29) is 11.4 Å². The molecule has 1 aromatic rings. The molecule has 1 amide bonds. The van der Waals surface area contributed by atoms with Crippen LogP contribution in [0.4, 0.5) is 0 Å². The van der Waals surface area contributed by atoms with Crippen molar-refractivity contribution in [3.05, 3.63) is 29.2 Å². The average Bonchev–Trinajstić information content (AvgIpc) is 2.87. The Morgan fingerprint density at radius 1 is 1.60 bits per heavy atom. The summed E-state index contributed by atoms with van der Waals surface area (Å²) in [7, 11) is 0. The SMILES string of the molecule is C=CC(=O)NC1(c2nccs2)CCCC1. The molecule has 0 aromatic carbocycles. The van der Waals surface area contributed by atoms with Crippen LogP contribution in [-0.2, 0) is 10.3 Å². The summed E-state index contributed by atoms with van der Waals surface area (Å²) in [6, 6.07) is 0. The molecule has 1 aliphatic carbocycles. The van der Waals surface area contributed by atoms with Gasteiger partial charge in [0.05, 0.1) is 5.54 Å². The van der Waals surface area contributed by atoms with Gasteiger partial charge in [-0.1, -0.05) is 19.4 Å². The third-order valence-corrected chi connectivity index (χ3v) is 3.82. The molecule has 15 heavy (non-hydrogen) atoms. The van der Waals surface area contributed by atoms with E-state index in [4.69, 9.17) is 0 Å². The van der Waals surface area contributed by atoms with E-state index >= 15 is 0 Å². The molecule has 0 saturated heterocycles. The van der Waals surface area contributed by atoms with Crippen molar-refractivity contribution in [3.63, 3.8) is 0 Å². The normalized spacial score (nSPS) is 18.7. The molecule has 0 aliphatic heterocycles. The second-order valence-corrected chi connectivity index (χ2v) is 4.71. The highest BCUT2D eigenvalue weighted by Gasteiger charge is 2.38. The van der Waals surface area contributed by atoms with Gasteiger partial charge in [-0.25, -0.2) is 4.98 Å². The molecule has 1 heterocycles. The summed E-state index contributed by atoms with van der Waals surface area (Å²) in [5.41, 5.74) is -0.223. The number of nitrogens with one attached hydrogen (secondary N) is 1. The molecule has 0 bridgehead atoms. The molecule has 1 aliphatic rings. The lowest BCUT2D eigenvalue weighted by molar-refractivity contribution is -0.118. The average molecular weight is 222 g/mol. The van der Waals surface area contributed by atoms with Crippen LogP contribution in [0.3, 0.4) is 0 Å². The molecule has 80 valence electrons. The van der Waals surface area contributed by atoms with Gasteiger partial charge in [-0.05, 0) is 18.9 Å². The minimum atomic E-state index is -0.223. The first-order valence-electron chi connectivity index (χ1n) is 5.11. The van der Waals surface area contributed by atoms with Crippen LogP contribution in [0.5, 0.6) is 0 Å². The Kier molecular flexibility index (Phi) is 2.86. The van der Waals surface area contributed by atoms with E-state index in [2.05, 4.69) is 16.9 Å². The van der Waals surface area contributed by atoms with Crippen LogP contribution in [0.15, 0.2) is 24.2 Å². The predicted octanol–water partition coefficient (Wildman–Crippen LogP) is 2.21. The van der Waals surface area contributed by atoms with E-state index in [1.54, 1.807) is 17.5 Å². The largest absolute Gasteiger partial charge is 0.341 e. The monoisotopic (exact) mass is 222 g/mol. The van der Waals surface area contributed by atoms with Crippen LogP contribution in [0.2, 0.25) is 0 Å². The van der Waals surface area contributed by atoms with E-state index in [1.807, 2.05) is 5.38 Å². The van der Waals surface area contributed by atoms with Crippen molar-refractivity contribution >= 4 is 17.2 Å². The molecule has 3 nitrogen and oxygen atoms in total. The molecule has 1 fully saturated rings. The maximum absolute atomic E-state index is 11.4. The first kappa shape index (κ1) is 10.4. The Balaban J connectivity index is 2.24. The molecule has 1 saturated carbocycles. The van der Waals surface area contributed by atoms with Crippen LogP contribution in [0.1, 0.15) is 30.7 Å². The van der Waals surface area contributed by atoms with Crippen LogP contribution < -0.4 is 5.32 Å². The fourth-order valence-electron chi connectivity index (χ4n) is 2.12. The number of nitrogens with zero attached hydrogens (tertiary/aromatic N) is 1. The fraction of sp³-hybridized carbons (Fsp3) is 0.455. The minimum absolute atomic E-state index is 0.105. The molecule has 0 spiro atoms. The first-order valence-corrected chi connectivity index (χ1v) is 5.99. The van der Waals surface area contributed by atoms with E-state index in [9.17, 15) is 4.79 Å². The van der Waals surface area contributed by atoms with Crippen LogP contribution >= 0.6 is 11.3 Å². The first-order chi connectivity index (χ1) is 7.27. The zero-order chi connectivity index (χ0) is 10.7. The number of aromatic nitrogens is 1. The van der Waals surface area contributed by atoms with Crippen molar-refractivity contribution in [2.24, 2.45) is 0 Å². The molecular weight excluding hydrogens is 208 g/mol. The maximum atomic E-state index is 11.4. The third-order valence-electron chi connectivity index (χ3n) is 2.85. The lowest BCUT2D eigenvalue weighted by Gasteiger charge is -2.27. The Morgan fingerprint density at radius 3 is 2.87 bits per heavy atom. The lowest BCUT2D eigenvalue weighted by Crippen LogP contribution is -2.42. The second kappa shape index (κ2) is 4.14. The summed E-state index contributed by atoms with van der Waals surface area (Å²) in [5.74, 6) is -0.105. The minimum Gasteiger partial charge on any atom is -0.341 e. The van der Waals surface area contributed by atoms with Crippen molar-refractivity contribution < 1.29 is 4.79 Å². The molecular formula is C11H14N2OS. The van der Waals surface area contributed by atoms with Gasteiger partial charge in [-0.2, -0.15) is 0 Å². The molecule has 1 N–H and O–H groups in total. The Bertz CT molecular complexity index is 353. The van der Waals surface area contributed by atoms with Crippen molar-refractivity contribution in [1.29, 1.82) is 0 Å². The molecule has 4 heteroatoms. The smallest absolute Gasteiger partial charge is 0.244 e. The van der Waals surface area contributed by atoms with Gasteiger partial charge < -0.3 is 5.32 Å². The summed E-state index contributed by atoms with van der Waals surface area (Å²) in [6.07, 6.45) is 7.39. The lowest BCUT2D eigenvalue weighted by atomic mass is 9.98. The number of carbonyl (C=O) groups is 1.